The second kappa shape index (κ2) is 3.09. The molecule has 0 bridgehead atoms. The third kappa shape index (κ3) is 1.49. The van der Waals surface area contributed by atoms with Crippen molar-refractivity contribution in [2.45, 2.75) is 13.3 Å². The summed E-state index contributed by atoms with van der Waals surface area (Å²) in [5, 5.41) is 0. The SMILES string of the molecule is CC1C=CN2C(N)=CC=NC2=CC1. The lowest BCUT2D eigenvalue weighted by molar-refractivity contribution is 0.556. The minimum atomic E-state index is 0.557. The molecule has 2 rings (SSSR count). The molecule has 0 amide bonds. The number of aliphatic imine (C=N–C) groups is 1. The van der Waals surface area contributed by atoms with Gasteiger partial charge in [0.1, 0.15) is 11.6 Å². The van der Waals surface area contributed by atoms with Crippen LogP contribution in [-0.2, 0) is 0 Å². The van der Waals surface area contributed by atoms with Crippen LogP contribution in [0.15, 0.2) is 41.1 Å². The summed E-state index contributed by atoms with van der Waals surface area (Å²) in [7, 11) is 0. The first-order valence-electron chi connectivity index (χ1n) is 4.45. The molecule has 1 atom stereocenters. The molecule has 2 N–H and O–H groups in total. The van der Waals surface area contributed by atoms with Crippen molar-refractivity contribution in [2.24, 2.45) is 16.6 Å². The van der Waals surface area contributed by atoms with E-state index in [0.717, 1.165) is 18.1 Å². The highest BCUT2D eigenvalue weighted by Gasteiger charge is 2.14. The maximum atomic E-state index is 5.81. The van der Waals surface area contributed by atoms with E-state index in [1.807, 2.05) is 11.1 Å². The van der Waals surface area contributed by atoms with Gasteiger partial charge in [0.2, 0.25) is 0 Å². The molecule has 13 heavy (non-hydrogen) atoms. The van der Waals surface area contributed by atoms with Crippen molar-refractivity contribution < 1.29 is 0 Å². The summed E-state index contributed by atoms with van der Waals surface area (Å²) in [6.07, 6.45) is 10.8. The molecule has 0 saturated heterocycles. The summed E-state index contributed by atoms with van der Waals surface area (Å²) in [6.45, 7) is 2.18. The quantitative estimate of drug-likeness (QED) is 0.607. The Bertz CT molecular complexity index is 323. The van der Waals surface area contributed by atoms with Crippen molar-refractivity contribution in [1.82, 2.24) is 4.90 Å². The van der Waals surface area contributed by atoms with Gasteiger partial charge in [-0.3, -0.25) is 4.90 Å². The monoisotopic (exact) mass is 175 g/mol. The second-order valence-corrected chi connectivity index (χ2v) is 3.36. The van der Waals surface area contributed by atoms with Crippen LogP contribution >= 0.6 is 0 Å². The van der Waals surface area contributed by atoms with Gasteiger partial charge >= 0.3 is 0 Å². The zero-order valence-electron chi connectivity index (χ0n) is 7.64. The van der Waals surface area contributed by atoms with Crippen LogP contribution in [0.4, 0.5) is 0 Å². The first-order valence-corrected chi connectivity index (χ1v) is 4.45. The van der Waals surface area contributed by atoms with Crippen LogP contribution in [0.2, 0.25) is 0 Å². The standard InChI is InChI=1S/C10H13N3/c1-8-2-3-10-12-6-4-9(11)13(10)7-5-8/h3-8H,2,11H2,1H3. The van der Waals surface area contributed by atoms with Gasteiger partial charge in [0.25, 0.3) is 0 Å². The predicted molar refractivity (Wildman–Crippen MR) is 53.6 cm³/mol. The number of hydrogen-bond acceptors (Lipinski definition) is 3. The lowest BCUT2D eigenvalue weighted by atomic mass is 10.1. The van der Waals surface area contributed by atoms with Gasteiger partial charge in [0.05, 0.1) is 0 Å². The zero-order valence-corrected chi connectivity index (χ0v) is 7.64. The Morgan fingerprint density at radius 1 is 1.62 bits per heavy atom. The average molecular weight is 175 g/mol. The molecule has 0 fully saturated rings. The van der Waals surface area contributed by atoms with Crippen molar-refractivity contribution in [3.63, 3.8) is 0 Å². The Morgan fingerprint density at radius 3 is 3.31 bits per heavy atom. The molecule has 68 valence electrons. The molecule has 0 saturated carbocycles. The molecular weight excluding hydrogens is 162 g/mol. The predicted octanol–water partition coefficient (Wildman–Crippen LogP) is 1.57. The Balaban J connectivity index is 2.35. The molecule has 0 aromatic rings. The van der Waals surface area contributed by atoms with Crippen molar-refractivity contribution in [2.75, 3.05) is 0 Å². The number of nitrogens with zero attached hydrogens (tertiary/aromatic N) is 2. The molecule has 0 aromatic heterocycles. The average Bonchev–Trinajstić information content (AvgIpc) is 2.30. The van der Waals surface area contributed by atoms with Crippen molar-refractivity contribution in [3.05, 3.63) is 36.1 Å². The molecule has 0 spiro atoms. The van der Waals surface area contributed by atoms with Crippen LogP contribution in [0.25, 0.3) is 0 Å². The van der Waals surface area contributed by atoms with Gasteiger partial charge in [0, 0.05) is 12.4 Å². The van der Waals surface area contributed by atoms with E-state index in [4.69, 9.17) is 5.73 Å². The number of rotatable bonds is 0. The van der Waals surface area contributed by atoms with E-state index in [9.17, 15) is 0 Å². The molecular formula is C10H13N3. The molecule has 2 heterocycles. The maximum absolute atomic E-state index is 5.81. The summed E-state index contributed by atoms with van der Waals surface area (Å²) < 4.78 is 0. The van der Waals surface area contributed by atoms with Gasteiger partial charge in [-0.1, -0.05) is 13.0 Å². The summed E-state index contributed by atoms with van der Waals surface area (Å²) in [4.78, 5) is 6.16. The van der Waals surface area contributed by atoms with E-state index < -0.39 is 0 Å². The molecule has 0 aromatic carbocycles. The highest BCUT2D eigenvalue weighted by molar-refractivity contribution is 5.74. The zero-order chi connectivity index (χ0) is 9.26. The fourth-order valence-corrected chi connectivity index (χ4v) is 1.38. The van der Waals surface area contributed by atoms with E-state index in [1.165, 1.54) is 0 Å². The third-order valence-electron chi connectivity index (χ3n) is 2.21. The van der Waals surface area contributed by atoms with Crippen LogP contribution in [0.5, 0.6) is 0 Å². The minimum absolute atomic E-state index is 0.557. The minimum Gasteiger partial charge on any atom is -0.385 e. The van der Waals surface area contributed by atoms with E-state index in [1.54, 1.807) is 12.3 Å². The smallest absolute Gasteiger partial charge is 0.134 e. The normalized spacial score (nSPS) is 26.2. The van der Waals surface area contributed by atoms with E-state index in [-0.39, 0.29) is 0 Å². The second-order valence-electron chi connectivity index (χ2n) is 3.36. The maximum Gasteiger partial charge on any atom is 0.134 e. The highest BCUT2D eigenvalue weighted by Crippen LogP contribution is 2.21. The Kier molecular flexibility index (Phi) is 1.93. The number of allylic oxidation sites excluding steroid dienone is 3. The van der Waals surface area contributed by atoms with Gasteiger partial charge in [-0.2, -0.15) is 0 Å². The van der Waals surface area contributed by atoms with Gasteiger partial charge in [0.15, 0.2) is 0 Å². The van der Waals surface area contributed by atoms with Gasteiger partial charge in [-0.05, 0) is 24.5 Å². The number of hydrogen-bond donors (Lipinski definition) is 1. The molecule has 3 heteroatoms. The van der Waals surface area contributed by atoms with Crippen LogP contribution < -0.4 is 5.73 Å². The summed E-state index contributed by atoms with van der Waals surface area (Å²) >= 11 is 0. The van der Waals surface area contributed by atoms with E-state index >= 15 is 0 Å². The molecule has 2 aliphatic heterocycles. The van der Waals surface area contributed by atoms with Crippen molar-refractivity contribution >= 4 is 6.21 Å². The fraction of sp³-hybridized carbons (Fsp3) is 0.300. The highest BCUT2D eigenvalue weighted by atomic mass is 15.3. The summed E-state index contributed by atoms with van der Waals surface area (Å²) in [6, 6.07) is 0. The number of fused-ring (bicyclic) bond motifs is 1. The molecule has 1 unspecified atom stereocenters. The summed E-state index contributed by atoms with van der Waals surface area (Å²) in [5.41, 5.74) is 5.81. The lowest BCUT2D eigenvalue weighted by Gasteiger charge is -2.21. The Hall–Kier alpha value is -1.51. The van der Waals surface area contributed by atoms with Gasteiger partial charge < -0.3 is 5.73 Å². The van der Waals surface area contributed by atoms with E-state index in [0.29, 0.717) is 5.92 Å². The first-order chi connectivity index (χ1) is 6.27. The van der Waals surface area contributed by atoms with Crippen LogP contribution in [0, 0.1) is 5.92 Å². The van der Waals surface area contributed by atoms with Gasteiger partial charge in [-0.25, -0.2) is 4.99 Å². The van der Waals surface area contributed by atoms with Crippen LogP contribution in [0.1, 0.15) is 13.3 Å². The molecule has 0 radical (unpaired) electrons. The van der Waals surface area contributed by atoms with Crippen LogP contribution in [-0.4, -0.2) is 11.1 Å². The first kappa shape index (κ1) is 8.10. The molecule has 3 nitrogen and oxygen atoms in total. The van der Waals surface area contributed by atoms with Crippen molar-refractivity contribution in [1.29, 1.82) is 0 Å². The Labute approximate surface area is 77.9 Å². The lowest BCUT2D eigenvalue weighted by Crippen LogP contribution is -2.23. The Morgan fingerprint density at radius 2 is 2.46 bits per heavy atom. The molecule has 0 aliphatic carbocycles. The largest absolute Gasteiger partial charge is 0.385 e. The van der Waals surface area contributed by atoms with Gasteiger partial charge in [-0.15, -0.1) is 0 Å². The third-order valence-corrected chi connectivity index (χ3v) is 2.21. The fourth-order valence-electron chi connectivity index (χ4n) is 1.38. The summed E-state index contributed by atoms with van der Waals surface area (Å²) in [5.74, 6) is 2.22. The number of nitrogens with two attached hydrogens (primary N) is 1. The van der Waals surface area contributed by atoms with Crippen molar-refractivity contribution in [3.8, 4) is 0 Å². The topological polar surface area (TPSA) is 41.6 Å². The van der Waals surface area contributed by atoms with Crippen LogP contribution in [0.3, 0.4) is 0 Å². The molecule has 2 aliphatic rings. The van der Waals surface area contributed by atoms with E-state index in [2.05, 4.69) is 24.1 Å².